The summed E-state index contributed by atoms with van der Waals surface area (Å²) in [6.45, 7) is 1.68. The first-order chi connectivity index (χ1) is 15.9. The van der Waals surface area contributed by atoms with Gasteiger partial charge >= 0.3 is 0 Å². The van der Waals surface area contributed by atoms with E-state index in [1.165, 1.54) is 13.2 Å². The highest BCUT2D eigenvalue weighted by atomic mass is 32.2. The Morgan fingerprint density at radius 3 is 2.45 bits per heavy atom. The van der Waals surface area contributed by atoms with Gasteiger partial charge in [0.2, 0.25) is 0 Å². The number of aromatic amines is 1. The summed E-state index contributed by atoms with van der Waals surface area (Å²) in [4.78, 5) is 12.8. The molecule has 1 aromatic heterocycles. The molecule has 0 radical (unpaired) electrons. The summed E-state index contributed by atoms with van der Waals surface area (Å²) in [5.74, 6) is -0.0359. The monoisotopic (exact) mass is 462 g/mol. The van der Waals surface area contributed by atoms with Gasteiger partial charge in [0.25, 0.3) is 15.9 Å². The van der Waals surface area contributed by atoms with E-state index in [0.29, 0.717) is 28.4 Å². The summed E-state index contributed by atoms with van der Waals surface area (Å²) in [6, 6.07) is 22.5. The molecule has 0 unspecified atom stereocenters. The molecule has 0 atom stereocenters. The molecule has 8 nitrogen and oxygen atoms in total. The summed E-state index contributed by atoms with van der Waals surface area (Å²) >= 11 is 0. The van der Waals surface area contributed by atoms with Crippen molar-refractivity contribution in [3.63, 3.8) is 0 Å². The van der Waals surface area contributed by atoms with Crippen molar-refractivity contribution in [2.45, 2.75) is 11.8 Å². The topological polar surface area (TPSA) is 113 Å². The average Bonchev–Trinajstić information content (AvgIpc) is 3.31. The van der Waals surface area contributed by atoms with Gasteiger partial charge in [-0.2, -0.15) is 5.10 Å². The molecule has 4 aromatic rings. The van der Waals surface area contributed by atoms with Crippen LogP contribution in [0.15, 0.2) is 83.8 Å². The minimum absolute atomic E-state index is 0.0424. The standard InChI is InChI=1S/C24H22N4O4S/c1-16-12-13-18(14-23(16)33(30,31)28-19-10-6-7-11-22(19)32-2)25-24(29)21-15-20(26-27-21)17-8-4-3-5-9-17/h3-15,28H,1-2H3,(H,25,29)(H,26,27). The third-order valence-electron chi connectivity index (χ3n) is 4.98. The van der Waals surface area contributed by atoms with E-state index in [1.54, 1.807) is 49.4 Å². The molecule has 4 rings (SSSR count). The van der Waals surface area contributed by atoms with Crippen molar-refractivity contribution < 1.29 is 17.9 Å². The molecule has 0 saturated carbocycles. The zero-order valence-corrected chi connectivity index (χ0v) is 18.8. The average molecular weight is 463 g/mol. The Morgan fingerprint density at radius 2 is 1.70 bits per heavy atom. The van der Waals surface area contributed by atoms with E-state index in [0.717, 1.165) is 5.56 Å². The number of aromatic nitrogens is 2. The highest BCUT2D eigenvalue weighted by Gasteiger charge is 2.20. The molecule has 0 aliphatic rings. The van der Waals surface area contributed by atoms with Gasteiger partial charge in [-0.3, -0.25) is 14.6 Å². The lowest BCUT2D eigenvalue weighted by atomic mass is 10.1. The number of H-pyrrole nitrogens is 1. The van der Waals surface area contributed by atoms with Crippen LogP contribution >= 0.6 is 0 Å². The molecule has 0 bridgehead atoms. The summed E-state index contributed by atoms with van der Waals surface area (Å²) in [5.41, 5.74) is 2.95. The number of aryl methyl sites for hydroxylation is 1. The van der Waals surface area contributed by atoms with Gasteiger partial charge < -0.3 is 10.1 Å². The molecule has 3 aromatic carbocycles. The molecule has 0 aliphatic carbocycles. The summed E-state index contributed by atoms with van der Waals surface area (Å²) in [6.07, 6.45) is 0. The number of nitrogens with zero attached hydrogens (tertiary/aromatic N) is 1. The molecule has 9 heteroatoms. The van der Waals surface area contributed by atoms with Crippen LogP contribution in [-0.4, -0.2) is 31.6 Å². The number of hydrogen-bond acceptors (Lipinski definition) is 5. The van der Waals surface area contributed by atoms with Crippen LogP contribution in [0.1, 0.15) is 16.1 Å². The Labute approximate surface area is 191 Å². The van der Waals surface area contributed by atoms with Crippen LogP contribution in [0.25, 0.3) is 11.3 Å². The quantitative estimate of drug-likeness (QED) is 0.376. The van der Waals surface area contributed by atoms with Crippen LogP contribution in [0.5, 0.6) is 5.75 Å². The van der Waals surface area contributed by atoms with E-state index < -0.39 is 15.9 Å². The number of rotatable bonds is 7. The molecule has 1 heterocycles. The van der Waals surface area contributed by atoms with Gasteiger partial charge in [-0.25, -0.2) is 8.42 Å². The number of carbonyl (C=O) groups excluding carboxylic acids is 1. The number of sulfonamides is 1. The lowest BCUT2D eigenvalue weighted by molar-refractivity contribution is 0.102. The van der Waals surface area contributed by atoms with Gasteiger partial charge in [-0.05, 0) is 42.8 Å². The number of nitrogens with one attached hydrogen (secondary N) is 3. The van der Waals surface area contributed by atoms with Crippen LogP contribution in [-0.2, 0) is 10.0 Å². The summed E-state index contributed by atoms with van der Waals surface area (Å²) in [7, 11) is -2.47. The fourth-order valence-electron chi connectivity index (χ4n) is 3.29. The molecule has 33 heavy (non-hydrogen) atoms. The number of ether oxygens (including phenoxy) is 1. The van der Waals surface area contributed by atoms with E-state index in [9.17, 15) is 13.2 Å². The maximum atomic E-state index is 13.1. The van der Waals surface area contributed by atoms with Gasteiger partial charge in [0.05, 0.1) is 23.4 Å². The fraction of sp³-hybridized carbons (Fsp3) is 0.0833. The van der Waals surface area contributed by atoms with Crippen LogP contribution in [0.3, 0.4) is 0 Å². The lowest BCUT2D eigenvalue weighted by Crippen LogP contribution is -2.16. The maximum Gasteiger partial charge on any atom is 0.273 e. The first-order valence-corrected chi connectivity index (χ1v) is 11.5. The van der Waals surface area contributed by atoms with Crippen molar-refractivity contribution in [3.8, 4) is 17.0 Å². The second-order valence-electron chi connectivity index (χ2n) is 7.27. The second kappa shape index (κ2) is 9.17. The Hall–Kier alpha value is -4.11. The Kier molecular flexibility index (Phi) is 6.14. The maximum absolute atomic E-state index is 13.1. The zero-order chi connectivity index (χ0) is 23.4. The predicted octanol–water partition coefficient (Wildman–Crippen LogP) is 4.45. The number of amides is 1. The first kappa shape index (κ1) is 22.1. The van der Waals surface area contributed by atoms with E-state index in [4.69, 9.17) is 4.74 Å². The minimum Gasteiger partial charge on any atom is -0.495 e. The zero-order valence-electron chi connectivity index (χ0n) is 18.0. The van der Waals surface area contributed by atoms with E-state index >= 15 is 0 Å². The molecular formula is C24H22N4O4S. The third kappa shape index (κ3) is 4.88. The second-order valence-corrected chi connectivity index (χ2v) is 8.92. The Morgan fingerprint density at radius 1 is 0.970 bits per heavy atom. The molecule has 0 fully saturated rings. The van der Waals surface area contributed by atoms with Crippen molar-refractivity contribution in [2.24, 2.45) is 0 Å². The largest absolute Gasteiger partial charge is 0.495 e. The Bertz CT molecular complexity index is 1400. The predicted molar refractivity (Wildman–Crippen MR) is 127 cm³/mol. The highest BCUT2D eigenvalue weighted by Crippen LogP contribution is 2.28. The van der Waals surface area contributed by atoms with Gasteiger partial charge in [-0.15, -0.1) is 0 Å². The fourth-order valence-corrected chi connectivity index (χ4v) is 4.63. The third-order valence-corrected chi connectivity index (χ3v) is 6.49. The molecule has 0 spiro atoms. The number of anilines is 2. The summed E-state index contributed by atoms with van der Waals surface area (Å²) < 4.78 is 33.9. The van der Waals surface area contributed by atoms with Gasteiger partial charge in [0.1, 0.15) is 11.4 Å². The van der Waals surface area contributed by atoms with Crippen molar-refractivity contribution in [3.05, 3.63) is 90.1 Å². The highest BCUT2D eigenvalue weighted by molar-refractivity contribution is 7.92. The summed E-state index contributed by atoms with van der Waals surface area (Å²) in [5, 5.41) is 9.62. The Balaban J connectivity index is 1.56. The molecular weight excluding hydrogens is 440 g/mol. The first-order valence-electron chi connectivity index (χ1n) is 10.1. The molecule has 0 aliphatic heterocycles. The molecule has 0 saturated heterocycles. The van der Waals surface area contributed by atoms with Crippen molar-refractivity contribution in [2.75, 3.05) is 17.1 Å². The van der Waals surface area contributed by atoms with Crippen molar-refractivity contribution >= 4 is 27.3 Å². The lowest BCUT2D eigenvalue weighted by Gasteiger charge is -2.14. The molecule has 1 amide bonds. The van der Waals surface area contributed by atoms with Crippen LogP contribution in [0.2, 0.25) is 0 Å². The van der Waals surface area contributed by atoms with Crippen LogP contribution < -0.4 is 14.8 Å². The number of methoxy groups -OCH3 is 1. The van der Waals surface area contributed by atoms with E-state index in [2.05, 4.69) is 20.2 Å². The van der Waals surface area contributed by atoms with Gasteiger partial charge in [0, 0.05) is 11.3 Å². The number of para-hydroxylation sites is 2. The normalized spacial score (nSPS) is 11.1. The van der Waals surface area contributed by atoms with E-state index in [1.807, 2.05) is 30.3 Å². The number of hydrogen-bond donors (Lipinski definition) is 3. The SMILES string of the molecule is COc1ccccc1NS(=O)(=O)c1cc(NC(=O)c2cc(-c3ccccc3)n[nH]2)ccc1C. The van der Waals surface area contributed by atoms with Crippen LogP contribution in [0, 0.1) is 6.92 Å². The van der Waals surface area contributed by atoms with Gasteiger partial charge in [-0.1, -0.05) is 48.5 Å². The van der Waals surface area contributed by atoms with Gasteiger partial charge in [0.15, 0.2) is 0 Å². The molecule has 168 valence electrons. The van der Waals surface area contributed by atoms with Crippen molar-refractivity contribution in [1.82, 2.24) is 10.2 Å². The van der Waals surface area contributed by atoms with Crippen molar-refractivity contribution in [1.29, 1.82) is 0 Å². The van der Waals surface area contributed by atoms with Crippen LogP contribution in [0.4, 0.5) is 11.4 Å². The molecule has 3 N–H and O–H groups in total. The number of benzene rings is 3. The van der Waals surface area contributed by atoms with E-state index in [-0.39, 0.29) is 10.6 Å². The number of carbonyl (C=O) groups is 1. The smallest absolute Gasteiger partial charge is 0.273 e. The minimum atomic E-state index is -3.93.